The van der Waals surface area contributed by atoms with Crippen LogP contribution >= 0.6 is 0 Å². The van der Waals surface area contributed by atoms with Crippen LogP contribution in [0.3, 0.4) is 0 Å². The average molecular weight is 797 g/mol. The number of amides is 1. The van der Waals surface area contributed by atoms with Gasteiger partial charge < -0.3 is 49.6 Å². The summed E-state index contributed by atoms with van der Waals surface area (Å²) in [6, 6.07) is 0. The number of allylic oxidation sites excluding steroid dienone is 4. The number of esters is 2. The van der Waals surface area contributed by atoms with E-state index in [0.717, 1.165) is 6.26 Å². The van der Waals surface area contributed by atoms with Crippen molar-refractivity contribution in [2.75, 3.05) is 20.8 Å². The molecule has 16 nitrogen and oxygen atoms in total. The highest BCUT2D eigenvalue weighted by Gasteiger charge is 2.52. The highest BCUT2D eigenvalue weighted by molar-refractivity contribution is 6.32. The minimum Gasteiger partial charge on any atom is -0.507 e. The zero-order valence-electron chi connectivity index (χ0n) is 33.8. The maximum absolute atomic E-state index is 14.4. The Morgan fingerprint density at radius 3 is 2.21 bits per heavy atom. The van der Waals surface area contributed by atoms with Crippen LogP contribution in [0.25, 0.3) is 0 Å². The van der Waals surface area contributed by atoms with Gasteiger partial charge in [-0.25, -0.2) is 0 Å². The fraction of sp³-hybridized carbons (Fsp3) is 0.512. The van der Waals surface area contributed by atoms with Crippen molar-refractivity contribution in [1.29, 1.82) is 0 Å². The van der Waals surface area contributed by atoms with Gasteiger partial charge in [-0.05, 0) is 19.9 Å². The molecule has 5 rings (SSSR count). The minimum absolute atomic E-state index is 0.0558. The molecule has 0 aromatic heterocycles. The van der Waals surface area contributed by atoms with Crippen molar-refractivity contribution in [1.82, 2.24) is 10.6 Å². The number of fused-ring (bicyclic) bond motifs is 14. The van der Waals surface area contributed by atoms with Gasteiger partial charge in [0.05, 0.1) is 54.8 Å². The molecule has 5 bridgehead atoms. The molecule has 57 heavy (non-hydrogen) atoms. The number of hydrogen-bond donors (Lipinski definition) is 5. The average Bonchev–Trinajstić information content (AvgIpc) is 3.44. The number of hydrogen-bond acceptors (Lipinski definition) is 15. The van der Waals surface area contributed by atoms with E-state index in [0.29, 0.717) is 0 Å². The van der Waals surface area contributed by atoms with Gasteiger partial charge in [0.25, 0.3) is 11.7 Å². The van der Waals surface area contributed by atoms with Crippen LogP contribution in [0.4, 0.5) is 0 Å². The smallest absolute Gasteiger partial charge is 0.312 e. The Morgan fingerprint density at radius 1 is 0.930 bits per heavy atom. The third-order valence-electron chi connectivity index (χ3n) is 10.8. The maximum atomic E-state index is 14.4. The van der Waals surface area contributed by atoms with Gasteiger partial charge in [-0.1, -0.05) is 45.9 Å². The lowest BCUT2D eigenvalue weighted by atomic mass is 9.78. The second-order valence-corrected chi connectivity index (χ2v) is 14.8. The van der Waals surface area contributed by atoms with Gasteiger partial charge in [0.15, 0.2) is 0 Å². The molecule has 0 saturated carbocycles. The van der Waals surface area contributed by atoms with E-state index in [1.807, 2.05) is 0 Å². The van der Waals surface area contributed by atoms with Gasteiger partial charge in [-0.3, -0.25) is 28.8 Å². The van der Waals surface area contributed by atoms with Gasteiger partial charge in [0.2, 0.25) is 11.6 Å². The number of methoxy groups -OCH3 is 2. The van der Waals surface area contributed by atoms with Crippen LogP contribution in [0.5, 0.6) is 11.5 Å². The van der Waals surface area contributed by atoms with Gasteiger partial charge in [0, 0.05) is 62.3 Å². The zero-order valence-corrected chi connectivity index (χ0v) is 33.8. The number of aliphatic hydroxyl groups is 2. The summed E-state index contributed by atoms with van der Waals surface area (Å²) in [7, 11) is 2.58. The van der Waals surface area contributed by atoms with Crippen LogP contribution in [0, 0.1) is 30.6 Å². The lowest BCUT2D eigenvalue weighted by Gasteiger charge is -2.38. The molecule has 1 aromatic carbocycles. The number of aliphatic hydroxyl groups excluding tert-OH is 2. The normalized spacial score (nSPS) is 31.7. The van der Waals surface area contributed by atoms with E-state index in [2.05, 4.69) is 15.4 Å². The number of rotatable bonds is 6. The molecular formula is C41H52N2O14. The van der Waals surface area contributed by atoms with Crippen LogP contribution in [0.1, 0.15) is 91.5 Å². The molecule has 5 N–H and O–H groups in total. The van der Waals surface area contributed by atoms with Crippen LogP contribution in [-0.4, -0.2) is 101 Å². The lowest BCUT2D eigenvalue weighted by molar-refractivity contribution is -0.160. The molecular weight excluding hydrogens is 744 g/mol. The first-order valence-corrected chi connectivity index (χ1v) is 18.6. The molecule has 9 atom stereocenters. The second kappa shape index (κ2) is 17.9. The number of benzene rings is 1. The summed E-state index contributed by atoms with van der Waals surface area (Å²) in [5.41, 5.74) is -2.36. The summed E-state index contributed by atoms with van der Waals surface area (Å²) in [4.78, 5) is 80.6. The summed E-state index contributed by atoms with van der Waals surface area (Å²) < 4.78 is 28.0. The Labute approximate surface area is 330 Å². The molecule has 1 aromatic rings. The zero-order chi connectivity index (χ0) is 42.7. The van der Waals surface area contributed by atoms with Gasteiger partial charge >= 0.3 is 17.7 Å². The fourth-order valence-corrected chi connectivity index (χ4v) is 7.25. The SMILES string of the molecule is COC(=O)CCNC1=C2NC(=O)/C(C)=C\C=C\[C@H](C)[C@H](O)[C@@H](C)[C@H](O)[C@H](C)[C@H](OC(C)=O)[C@H](C)[C@@H](OC)/C=C/O[C@@]3(C)Oc4c(C)c(O)c(c(c4C3=O)C1=O)C2=O. The quantitative estimate of drug-likeness (QED) is 0.260. The minimum atomic E-state index is -2.13. The van der Waals surface area contributed by atoms with Crippen molar-refractivity contribution in [2.24, 2.45) is 23.7 Å². The molecule has 1 amide bonds. The molecule has 1 aliphatic carbocycles. The number of Topliss-reactive ketones (excluding diaryl/α,β-unsaturated/α-hetero) is 3. The summed E-state index contributed by atoms with van der Waals surface area (Å²) in [5, 5.41) is 39.3. The Hall–Kier alpha value is -5.32. The first kappa shape index (κ1) is 44.4. The van der Waals surface area contributed by atoms with Crippen molar-refractivity contribution in [3.8, 4) is 11.5 Å². The van der Waals surface area contributed by atoms with Crippen molar-refractivity contribution >= 4 is 35.2 Å². The number of ether oxygens (including phenoxy) is 5. The molecule has 16 heteroatoms. The van der Waals surface area contributed by atoms with Crippen LogP contribution < -0.4 is 15.4 Å². The number of phenols is 1. The van der Waals surface area contributed by atoms with Crippen molar-refractivity contribution in [3.05, 3.63) is 69.8 Å². The summed E-state index contributed by atoms with van der Waals surface area (Å²) in [5.74, 6) is -10.5. The maximum Gasteiger partial charge on any atom is 0.312 e. The van der Waals surface area contributed by atoms with Crippen molar-refractivity contribution in [3.63, 3.8) is 0 Å². The number of carbonyl (C=O) groups excluding carboxylic acids is 6. The Balaban J connectivity index is 1.90. The van der Waals surface area contributed by atoms with E-state index in [1.165, 1.54) is 60.1 Å². The topological polar surface area (TPSA) is 233 Å². The molecule has 0 unspecified atom stereocenters. The summed E-state index contributed by atoms with van der Waals surface area (Å²) >= 11 is 0. The standard InChI is InChI=1S/C41H52N2O14/c1-18-12-11-13-19(2)40(52)43-31-30(42-16-14-26(45)54-10)35(49)27-28(36(31)50)34(48)23(6)38-29(27)39(51)41(8,57-38)55-17-15-25(53-9)20(3)37(56-24(7)44)22(5)33(47)21(4)32(18)46/h11-13,15,17-18,20-22,25,32-33,37,42,46-48H,14,16H2,1-10H3,(H,43,52)/b12-11+,17-15+,19-13-/t18-,20+,21+,22-,25-,32-,33-,37+,41-/m0/s1. The number of phenolic OH excluding ortho intramolecular Hbond substituents is 1. The first-order chi connectivity index (χ1) is 26.7. The Bertz CT molecular complexity index is 1950. The molecule has 0 fully saturated rings. The van der Waals surface area contributed by atoms with Crippen molar-refractivity contribution < 1.29 is 67.8 Å². The monoisotopic (exact) mass is 796 g/mol. The Kier molecular flexibility index (Phi) is 13.9. The highest BCUT2D eigenvalue weighted by atomic mass is 16.7. The van der Waals surface area contributed by atoms with Crippen molar-refractivity contribution in [2.45, 2.75) is 92.0 Å². The van der Waals surface area contributed by atoms with E-state index in [-0.39, 0.29) is 35.4 Å². The van der Waals surface area contributed by atoms with E-state index in [9.17, 15) is 44.1 Å². The molecule has 3 heterocycles. The number of nitrogens with one attached hydrogen (secondary N) is 2. The molecule has 4 aliphatic rings. The lowest BCUT2D eigenvalue weighted by Crippen LogP contribution is -2.46. The first-order valence-electron chi connectivity index (χ1n) is 18.6. The fourth-order valence-electron chi connectivity index (χ4n) is 7.25. The van der Waals surface area contributed by atoms with Crippen LogP contribution in [0.2, 0.25) is 0 Å². The van der Waals surface area contributed by atoms with Gasteiger partial charge in [-0.15, -0.1) is 0 Å². The Morgan fingerprint density at radius 2 is 1.60 bits per heavy atom. The van der Waals surface area contributed by atoms with E-state index >= 15 is 0 Å². The summed E-state index contributed by atoms with van der Waals surface area (Å²) in [6.45, 7) is 11.9. The van der Waals surface area contributed by atoms with Crippen LogP contribution in [0.15, 0.2) is 47.5 Å². The third-order valence-corrected chi connectivity index (χ3v) is 10.8. The highest BCUT2D eigenvalue weighted by Crippen LogP contribution is 2.48. The second-order valence-electron chi connectivity index (χ2n) is 14.8. The molecule has 3 aliphatic heterocycles. The van der Waals surface area contributed by atoms with Gasteiger partial charge in [-0.2, -0.15) is 0 Å². The van der Waals surface area contributed by atoms with E-state index < -0.39 is 117 Å². The van der Waals surface area contributed by atoms with E-state index in [4.69, 9.17) is 18.9 Å². The predicted octanol–water partition coefficient (Wildman–Crippen LogP) is 3.11. The molecule has 310 valence electrons. The number of ketones is 3. The van der Waals surface area contributed by atoms with Crippen LogP contribution in [-0.2, 0) is 33.3 Å². The summed E-state index contributed by atoms with van der Waals surface area (Å²) in [6.07, 6.45) is 2.87. The largest absolute Gasteiger partial charge is 0.507 e. The third kappa shape index (κ3) is 8.82. The molecule has 0 radical (unpaired) electrons. The molecule has 0 saturated heterocycles. The predicted molar refractivity (Wildman–Crippen MR) is 203 cm³/mol. The molecule has 0 spiro atoms. The van der Waals surface area contributed by atoms with Gasteiger partial charge in [0.1, 0.15) is 29.0 Å². The van der Waals surface area contributed by atoms with E-state index in [1.54, 1.807) is 33.8 Å². The number of carbonyl (C=O) groups is 6. The number of aromatic hydroxyl groups is 1.